The van der Waals surface area contributed by atoms with Gasteiger partial charge in [0.2, 0.25) is 5.91 Å². The fourth-order valence-electron chi connectivity index (χ4n) is 1.77. The largest absolute Gasteiger partial charge is 0.480 e. The number of carboxylic acids is 1. The summed E-state index contributed by atoms with van der Waals surface area (Å²) in [6.07, 6.45) is 0.384. The Labute approximate surface area is 125 Å². The van der Waals surface area contributed by atoms with E-state index in [9.17, 15) is 14.0 Å². The Hall–Kier alpha value is -1.43. The molecule has 0 aromatic heterocycles. The zero-order valence-electron chi connectivity index (χ0n) is 11.3. The number of hydrogen-bond acceptors (Lipinski definition) is 2. The minimum absolute atomic E-state index is 0.0146. The fourth-order valence-corrected chi connectivity index (χ4v) is 2.20. The SMILES string of the molecule is CC(C)C[C@H](NC(=O)Cc1ccc(F)c(Br)c1)C(=O)O. The van der Waals surface area contributed by atoms with E-state index in [0.717, 1.165) is 0 Å². The van der Waals surface area contributed by atoms with E-state index in [1.807, 2.05) is 13.8 Å². The smallest absolute Gasteiger partial charge is 0.326 e. The van der Waals surface area contributed by atoms with Crippen LogP contribution in [0.2, 0.25) is 0 Å². The van der Waals surface area contributed by atoms with Gasteiger partial charge in [0.15, 0.2) is 0 Å². The number of carboxylic acid groups (broad SMARTS) is 1. The van der Waals surface area contributed by atoms with E-state index in [1.165, 1.54) is 18.2 Å². The van der Waals surface area contributed by atoms with Gasteiger partial charge in [-0.05, 0) is 46.0 Å². The molecule has 110 valence electrons. The zero-order chi connectivity index (χ0) is 15.3. The van der Waals surface area contributed by atoms with Gasteiger partial charge in [-0.1, -0.05) is 19.9 Å². The highest BCUT2D eigenvalue weighted by Crippen LogP contribution is 2.17. The fraction of sp³-hybridized carbons (Fsp3) is 0.429. The third-order valence-electron chi connectivity index (χ3n) is 2.69. The second-order valence-electron chi connectivity index (χ2n) is 5.01. The molecular weight excluding hydrogens is 329 g/mol. The molecule has 1 rings (SSSR count). The number of carbonyl (C=O) groups is 2. The zero-order valence-corrected chi connectivity index (χ0v) is 12.9. The molecule has 6 heteroatoms. The molecule has 0 unspecified atom stereocenters. The van der Waals surface area contributed by atoms with Gasteiger partial charge in [-0.25, -0.2) is 9.18 Å². The van der Waals surface area contributed by atoms with Crippen LogP contribution >= 0.6 is 15.9 Å². The van der Waals surface area contributed by atoms with E-state index in [2.05, 4.69) is 21.2 Å². The van der Waals surface area contributed by atoms with E-state index in [0.29, 0.717) is 12.0 Å². The first-order valence-corrected chi connectivity index (χ1v) is 7.05. The highest BCUT2D eigenvalue weighted by molar-refractivity contribution is 9.10. The quantitative estimate of drug-likeness (QED) is 0.832. The molecule has 20 heavy (non-hydrogen) atoms. The molecule has 0 heterocycles. The Bertz CT molecular complexity index is 505. The molecule has 0 aliphatic heterocycles. The monoisotopic (exact) mass is 345 g/mol. The molecule has 0 spiro atoms. The molecule has 0 aliphatic carbocycles. The van der Waals surface area contributed by atoms with Crippen LogP contribution in [0.5, 0.6) is 0 Å². The van der Waals surface area contributed by atoms with Crippen molar-refractivity contribution in [2.45, 2.75) is 32.7 Å². The normalized spacial score (nSPS) is 12.2. The van der Waals surface area contributed by atoms with Gasteiger partial charge in [-0.2, -0.15) is 0 Å². The molecule has 1 atom stereocenters. The lowest BCUT2D eigenvalue weighted by atomic mass is 10.0. The highest BCUT2D eigenvalue weighted by Gasteiger charge is 2.21. The van der Waals surface area contributed by atoms with Crippen LogP contribution in [-0.2, 0) is 16.0 Å². The van der Waals surface area contributed by atoms with Crippen LogP contribution in [0.25, 0.3) is 0 Å². The number of carbonyl (C=O) groups excluding carboxylic acids is 1. The van der Waals surface area contributed by atoms with Gasteiger partial charge in [0.05, 0.1) is 10.9 Å². The van der Waals surface area contributed by atoms with Crippen molar-refractivity contribution in [3.8, 4) is 0 Å². The summed E-state index contributed by atoms with van der Waals surface area (Å²) in [5, 5.41) is 11.5. The number of amides is 1. The minimum atomic E-state index is -1.05. The van der Waals surface area contributed by atoms with Crippen molar-refractivity contribution in [2.75, 3.05) is 0 Å². The summed E-state index contributed by atoms with van der Waals surface area (Å²) < 4.78 is 13.3. The van der Waals surface area contributed by atoms with Crippen molar-refractivity contribution >= 4 is 27.8 Å². The molecule has 1 amide bonds. The summed E-state index contributed by atoms with van der Waals surface area (Å²) in [7, 11) is 0. The van der Waals surface area contributed by atoms with E-state index in [-0.39, 0.29) is 16.8 Å². The Morgan fingerprint density at radius 3 is 2.55 bits per heavy atom. The Morgan fingerprint density at radius 1 is 1.40 bits per heavy atom. The first-order chi connectivity index (χ1) is 9.29. The Balaban J connectivity index is 2.65. The molecular formula is C14H17BrFNO3. The van der Waals surface area contributed by atoms with E-state index in [1.54, 1.807) is 0 Å². The third-order valence-corrected chi connectivity index (χ3v) is 3.30. The summed E-state index contributed by atoms with van der Waals surface area (Å²) in [5.74, 6) is -1.68. The predicted molar refractivity (Wildman–Crippen MR) is 76.8 cm³/mol. The topological polar surface area (TPSA) is 66.4 Å². The molecule has 0 bridgehead atoms. The molecule has 2 N–H and O–H groups in total. The molecule has 0 saturated carbocycles. The molecule has 4 nitrogen and oxygen atoms in total. The van der Waals surface area contributed by atoms with E-state index in [4.69, 9.17) is 5.11 Å². The van der Waals surface area contributed by atoms with E-state index >= 15 is 0 Å². The Morgan fingerprint density at radius 2 is 2.05 bits per heavy atom. The van der Waals surface area contributed by atoms with Gasteiger partial charge in [0.25, 0.3) is 0 Å². The number of nitrogens with one attached hydrogen (secondary N) is 1. The minimum Gasteiger partial charge on any atom is -0.480 e. The predicted octanol–water partition coefficient (Wildman–Crippen LogP) is 2.75. The van der Waals surface area contributed by atoms with Crippen LogP contribution in [-0.4, -0.2) is 23.0 Å². The third kappa shape index (κ3) is 5.28. The molecule has 0 saturated heterocycles. The van der Waals surface area contributed by atoms with Crippen molar-refractivity contribution in [3.63, 3.8) is 0 Å². The van der Waals surface area contributed by atoms with Gasteiger partial charge < -0.3 is 10.4 Å². The average Bonchev–Trinajstić information content (AvgIpc) is 2.32. The second-order valence-corrected chi connectivity index (χ2v) is 5.87. The van der Waals surface area contributed by atoms with Crippen LogP contribution in [0.15, 0.2) is 22.7 Å². The van der Waals surface area contributed by atoms with Crippen molar-refractivity contribution < 1.29 is 19.1 Å². The maximum absolute atomic E-state index is 13.1. The van der Waals surface area contributed by atoms with Crippen LogP contribution in [0, 0.1) is 11.7 Å². The summed E-state index contributed by atoms with van der Waals surface area (Å²) in [4.78, 5) is 22.9. The average molecular weight is 346 g/mol. The van der Waals surface area contributed by atoms with Crippen molar-refractivity contribution in [1.29, 1.82) is 0 Å². The van der Waals surface area contributed by atoms with Gasteiger partial charge >= 0.3 is 5.97 Å². The summed E-state index contributed by atoms with van der Waals surface area (Å²) in [6.45, 7) is 3.78. The summed E-state index contributed by atoms with van der Waals surface area (Å²) in [5.41, 5.74) is 0.615. The van der Waals surface area contributed by atoms with Crippen LogP contribution in [0.1, 0.15) is 25.8 Å². The summed E-state index contributed by atoms with van der Waals surface area (Å²) >= 11 is 3.04. The maximum atomic E-state index is 13.1. The van der Waals surface area contributed by atoms with Gasteiger partial charge in [0, 0.05) is 0 Å². The number of aliphatic carboxylic acids is 1. The standard InChI is InChI=1S/C14H17BrFNO3/c1-8(2)5-12(14(19)20)17-13(18)7-9-3-4-11(16)10(15)6-9/h3-4,6,8,12H,5,7H2,1-2H3,(H,17,18)(H,19,20)/t12-/m0/s1. The van der Waals surface area contributed by atoms with E-state index < -0.39 is 23.7 Å². The number of rotatable bonds is 6. The molecule has 0 radical (unpaired) electrons. The lowest BCUT2D eigenvalue weighted by Crippen LogP contribution is -2.42. The first kappa shape index (κ1) is 16.6. The number of hydrogen-bond donors (Lipinski definition) is 2. The van der Waals surface area contributed by atoms with Crippen LogP contribution in [0.3, 0.4) is 0 Å². The van der Waals surface area contributed by atoms with Crippen LogP contribution in [0.4, 0.5) is 4.39 Å². The lowest BCUT2D eigenvalue weighted by Gasteiger charge is -2.16. The first-order valence-electron chi connectivity index (χ1n) is 6.25. The van der Waals surface area contributed by atoms with Gasteiger partial charge in [-0.3, -0.25) is 4.79 Å². The Kier molecular flexibility index (Phi) is 6.13. The molecule has 0 fully saturated rings. The van der Waals surface area contributed by atoms with Gasteiger partial charge in [0.1, 0.15) is 11.9 Å². The van der Waals surface area contributed by atoms with Gasteiger partial charge in [-0.15, -0.1) is 0 Å². The summed E-state index contributed by atoms with van der Waals surface area (Å²) in [6, 6.07) is 3.37. The molecule has 1 aromatic carbocycles. The number of benzene rings is 1. The van der Waals surface area contributed by atoms with Crippen molar-refractivity contribution in [1.82, 2.24) is 5.32 Å². The lowest BCUT2D eigenvalue weighted by molar-refractivity contribution is -0.142. The second kappa shape index (κ2) is 7.38. The molecule has 0 aliphatic rings. The number of halogens is 2. The highest BCUT2D eigenvalue weighted by atomic mass is 79.9. The maximum Gasteiger partial charge on any atom is 0.326 e. The van der Waals surface area contributed by atoms with Crippen LogP contribution < -0.4 is 5.32 Å². The van der Waals surface area contributed by atoms with Crippen molar-refractivity contribution in [2.24, 2.45) is 5.92 Å². The van der Waals surface area contributed by atoms with Crippen molar-refractivity contribution in [3.05, 3.63) is 34.1 Å². The molecule has 1 aromatic rings.